The minimum atomic E-state index is -0.0933. The van der Waals surface area contributed by atoms with Crippen molar-refractivity contribution in [2.75, 3.05) is 32.4 Å². The van der Waals surface area contributed by atoms with Crippen molar-refractivity contribution in [1.29, 1.82) is 0 Å². The Morgan fingerprint density at radius 3 is 2.29 bits per heavy atom. The molecule has 2 aromatic rings. The van der Waals surface area contributed by atoms with E-state index in [0.717, 1.165) is 30.8 Å². The maximum Gasteiger partial charge on any atom is 0.252 e. The Kier molecular flexibility index (Phi) is 10.5. The number of nitrogens with zero attached hydrogens (tertiary/aromatic N) is 2. The van der Waals surface area contributed by atoms with Gasteiger partial charge in [0.1, 0.15) is 0 Å². The number of carbonyl (C=O) groups excluding carboxylic acids is 2. The Bertz CT molecular complexity index is 911. The number of rotatable bonds is 11. The van der Waals surface area contributed by atoms with Crippen LogP contribution in [0.5, 0.6) is 0 Å². The third kappa shape index (κ3) is 7.09. The lowest BCUT2D eigenvalue weighted by atomic mass is 9.94. The monoisotopic (exact) mass is 481 g/mol. The lowest BCUT2D eigenvalue weighted by Gasteiger charge is -2.31. The number of carbonyl (C=O) groups is 2. The first kappa shape index (κ1) is 26.3. The molecule has 1 aliphatic rings. The quantitative estimate of drug-likeness (QED) is 0.438. The molecule has 0 radical (unpaired) electrons. The van der Waals surface area contributed by atoms with Gasteiger partial charge in [0.05, 0.1) is 17.4 Å². The molecule has 0 spiro atoms. The van der Waals surface area contributed by atoms with E-state index in [9.17, 15) is 9.59 Å². The smallest absolute Gasteiger partial charge is 0.252 e. The molecule has 34 heavy (non-hydrogen) atoms. The van der Waals surface area contributed by atoms with Crippen molar-refractivity contribution in [1.82, 2.24) is 15.1 Å². The van der Waals surface area contributed by atoms with Crippen LogP contribution in [0.25, 0.3) is 0 Å². The van der Waals surface area contributed by atoms with Crippen LogP contribution in [-0.2, 0) is 4.79 Å². The second kappa shape index (κ2) is 13.5. The molecule has 1 atom stereocenters. The average molecular weight is 482 g/mol. The summed E-state index contributed by atoms with van der Waals surface area (Å²) in [4.78, 5) is 31.1. The highest BCUT2D eigenvalue weighted by atomic mass is 32.2. The predicted octanol–water partition coefficient (Wildman–Crippen LogP) is 5.38. The lowest BCUT2D eigenvalue weighted by Crippen LogP contribution is -2.39. The van der Waals surface area contributed by atoms with E-state index in [1.807, 2.05) is 54.4 Å². The molecular formula is C28H39N3O2S. The first-order valence-electron chi connectivity index (χ1n) is 12.6. The second-order valence-electron chi connectivity index (χ2n) is 8.94. The van der Waals surface area contributed by atoms with E-state index in [1.165, 1.54) is 36.6 Å². The lowest BCUT2D eigenvalue weighted by molar-refractivity contribution is -0.129. The van der Waals surface area contributed by atoms with E-state index >= 15 is 0 Å². The molecule has 1 aliphatic carbocycles. The first-order chi connectivity index (χ1) is 16.5. The maximum atomic E-state index is 13.2. The topological polar surface area (TPSA) is 52.7 Å². The third-order valence-electron chi connectivity index (χ3n) is 6.89. The van der Waals surface area contributed by atoms with Crippen LogP contribution in [0.15, 0.2) is 59.5 Å². The predicted molar refractivity (Wildman–Crippen MR) is 141 cm³/mol. The minimum Gasteiger partial charge on any atom is -0.350 e. The number of nitrogens with one attached hydrogen (secondary N) is 1. The first-order valence-corrected chi connectivity index (χ1v) is 13.6. The van der Waals surface area contributed by atoms with Crippen LogP contribution in [0, 0.1) is 0 Å². The summed E-state index contributed by atoms with van der Waals surface area (Å²) in [6.07, 6.45) is 5.88. The molecule has 2 amide bonds. The second-order valence-corrected chi connectivity index (χ2v) is 9.96. The van der Waals surface area contributed by atoms with Gasteiger partial charge in [-0.3, -0.25) is 14.5 Å². The summed E-state index contributed by atoms with van der Waals surface area (Å²) in [5.41, 5.74) is 1.83. The summed E-state index contributed by atoms with van der Waals surface area (Å²) in [6, 6.07) is 18.4. The van der Waals surface area contributed by atoms with Crippen molar-refractivity contribution in [2.24, 2.45) is 0 Å². The fourth-order valence-electron chi connectivity index (χ4n) is 4.78. The van der Waals surface area contributed by atoms with Gasteiger partial charge in [0.2, 0.25) is 5.91 Å². The summed E-state index contributed by atoms with van der Waals surface area (Å²) < 4.78 is 0. The normalized spacial score (nSPS) is 15.2. The molecular weight excluding hydrogens is 442 g/mol. The van der Waals surface area contributed by atoms with Gasteiger partial charge in [0.25, 0.3) is 5.91 Å². The maximum absolute atomic E-state index is 13.2. The van der Waals surface area contributed by atoms with Crippen LogP contribution in [0.4, 0.5) is 0 Å². The van der Waals surface area contributed by atoms with Gasteiger partial charge in [-0.1, -0.05) is 75.6 Å². The van der Waals surface area contributed by atoms with Gasteiger partial charge in [0, 0.05) is 24.5 Å². The Morgan fingerprint density at radius 1 is 0.971 bits per heavy atom. The number of amides is 2. The molecule has 5 nitrogen and oxygen atoms in total. The highest BCUT2D eigenvalue weighted by molar-refractivity contribution is 8.00. The van der Waals surface area contributed by atoms with Gasteiger partial charge in [-0.2, -0.15) is 0 Å². The highest BCUT2D eigenvalue weighted by Gasteiger charge is 2.23. The zero-order chi connectivity index (χ0) is 24.3. The Labute approximate surface area is 209 Å². The van der Waals surface area contributed by atoms with Crippen LogP contribution < -0.4 is 5.32 Å². The fourth-order valence-corrected chi connectivity index (χ4v) is 5.75. The molecule has 1 fully saturated rings. The van der Waals surface area contributed by atoms with Gasteiger partial charge >= 0.3 is 0 Å². The van der Waals surface area contributed by atoms with Gasteiger partial charge in [0.15, 0.2) is 0 Å². The number of benzene rings is 2. The zero-order valence-corrected chi connectivity index (χ0v) is 21.7. The third-order valence-corrected chi connectivity index (χ3v) is 7.95. The number of hydrogen-bond acceptors (Lipinski definition) is 4. The largest absolute Gasteiger partial charge is 0.350 e. The molecule has 0 heterocycles. The van der Waals surface area contributed by atoms with E-state index in [1.54, 1.807) is 0 Å². The van der Waals surface area contributed by atoms with Crippen molar-refractivity contribution in [2.45, 2.75) is 62.9 Å². The van der Waals surface area contributed by atoms with Gasteiger partial charge < -0.3 is 10.2 Å². The molecule has 0 bridgehead atoms. The number of thioether (sulfide) groups is 1. The summed E-state index contributed by atoms with van der Waals surface area (Å²) >= 11 is 1.46. The molecule has 0 aliphatic heterocycles. The molecule has 1 saturated carbocycles. The summed E-state index contributed by atoms with van der Waals surface area (Å²) in [6.45, 7) is 6.65. The molecule has 1 N–H and O–H groups in total. The van der Waals surface area contributed by atoms with Crippen LogP contribution in [0.3, 0.4) is 0 Å². The van der Waals surface area contributed by atoms with Crippen molar-refractivity contribution < 1.29 is 9.59 Å². The van der Waals surface area contributed by atoms with Crippen LogP contribution in [0.2, 0.25) is 0 Å². The summed E-state index contributed by atoms with van der Waals surface area (Å²) in [5.74, 6) is 0.394. The summed E-state index contributed by atoms with van der Waals surface area (Å²) in [7, 11) is 1.93. The number of hydrogen-bond donors (Lipinski definition) is 1. The average Bonchev–Trinajstić information content (AvgIpc) is 2.90. The van der Waals surface area contributed by atoms with Gasteiger partial charge in [-0.05, 0) is 43.6 Å². The highest BCUT2D eigenvalue weighted by Crippen LogP contribution is 2.26. The van der Waals surface area contributed by atoms with Gasteiger partial charge in [-0.25, -0.2) is 0 Å². The van der Waals surface area contributed by atoms with Crippen molar-refractivity contribution in [3.63, 3.8) is 0 Å². The fraction of sp³-hybridized carbons (Fsp3) is 0.500. The van der Waals surface area contributed by atoms with Gasteiger partial charge in [-0.15, -0.1) is 11.8 Å². The number of likely N-dealkylation sites (N-methyl/N-ethyl adjacent to an activating group) is 1. The van der Waals surface area contributed by atoms with Crippen LogP contribution in [-0.4, -0.2) is 60.1 Å². The Hall–Kier alpha value is -2.31. The molecule has 184 valence electrons. The molecule has 1 unspecified atom stereocenters. The summed E-state index contributed by atoms with van der Waals surface area (Å²) in [5, 5.41) is 3.16. The van der Waals surface area contributed by atoms with E-state index in [2.05, 4.69) is 36.2 Å². The van der Waals surface area contributed by atoms with E-state index in [-0.39, 0.29) is 17.9 Å². The van der Waals surface area contributed by atoms with E-state index in [0.29, 0.717) is 23.9 Å². The van der Waals surface area contributed by atoms with Crippen molar-refractivity contribution >= 4 is 23.6 Å². The van der Waals surface area contributed by atoms with Crippen molar-refractivity contribution in [3.05, 3.63) is 65.7 Å². The molecule has 2 aromatic carbocycles. The van der Waals surface area contributed by atoms with Crippen LogP contribution >= 0.6 is 11.8 Å². The molecule has 3 rings (SSSR count). The van der Waals surface area contributed by atoms with Crippen LogP contribution in [0.1, 0.15) is 67.9 Å². The minimum absolute atomic E-state index is 0.0933. The van der Waals surface area contributed by atoms with E-state index < -0.39 is 0 Å². The molecule has 6 heteroatoms. The molecule has 0 saturated heterocycles. The zero-order valence-electron chi connectivity index (χ0n) is 20.8. The Morgan fingerprint density at radius 2 is 1.62 bits per heavy atom. The molecule has 0 aromatic heterocycles. The Balaban J connectivity index is 1.63. The van der Waals surface area contributed by atoms with Crippen molar-refractivity contribution in [3.8, 4) is 0 Å². The van der Waals surface area contributed by atoms with E-state index in [4.69, 9.17) is 0 Å². The SMILES string of the molecule is CCN(CC)C(CNC(=O)c1ccccc1SCC(=O)N(C)C1CCCCC1)c1ccccc1. The standard InChI is InChI=1S/C28H39N3O2S/c1-4-31(5-2)25(22-14-8-6-9-15-22)20-29-28(33)24-18-12-13-19-26(24)34-21-27(32)30(3)23-16-10-7-11-17-23/h6,8-9,12-15,18-19,23,25H,4-5,7,10-11,16-17,20-21H2,1-3H3,(H,29,33).